The SMILES string of the molecule is CC(N)(c1ccc(Br)cc1)c1cc(F)cc(F)c1. The number of hydrogen-bond donors (Lipinski definition) is 1. The van der Waals surface area contributed by atoms with Gasteiger partial charge in [0.2, 0.25) is 0 Å². The van der Waals surface area contributed by atoms with Crippen LogP contribution in [0.15, 0.2) is 46.9 Å². The van der Waals surface area contributed by atoms with Crippen LogP contribution in [-0.2, 0) is 5.54 Å². The number of benzene rings is 2. The van der Waals surface area contributed by atoms with Crippen molar-refractivity contribution < 1.29 is 8.78 Å². The van der Waals surface area contributed by atoms with Gasteiger partial charge in [0.1, 0.15) is 11.6 Å². The van der Waals surface area contributed by atoms with E-state index in [1.807, 2.05) is 24.3 Å². The fraction of sp³-hybridized carbons (Fsp3) is 0.143. The molecular weight excluding hydrogens is 300 g/mol. The third kappa shape index (κ3) is 2.60. The smallest absolute Gasteiger partial charge is 0.126 e. The van der Waals surface area contributed by atoms with Gasteiger partial charge in [0, 0.05) is 10.5 Å². The monoisotopic (exact) mass is 311 g/mol. The molecule has 1 nitrogen and oxygen atoms in total. The van der Waals surface area contributed by atoms with Gasteiger partial charge >= 0.3 is 0 Å². The van der Waals surface area contributed by atoms with Crippen molar-refractivity contribution in [2.24, 2.45) is 5.73 Å². The second-order valence-electron chi connectivity index (χ2n) is 4.37. The van der Waals surface area contributed by atoms with Crippen LogP contribution in [0.25, 0.3) is 0 Å². The van der Waals surface area contributed by atoms with Crippen molar-refractivity contribution in [3.05, 3.63) is 69.7 Å². The first-order chi connectivity index (χ1) is 8.39. The van der Waals surface area contributed by atoms with Gasteiger partial charge in [0.15, 0.2) is 0 Å². The first kappa shape index (κ1) is 13.2. The van der Waals surface area contributed by atoms with E-state index in [4.69, 9.17) is 5.73 Å². The number of nitrogens with two attached hydrogens (primary N) is 1. The van der Waals surface area contributed by atoms with Gasteiger partial charge in [-0.15, -0.1) is 0 Å². The summed E-state index contributed by atoms with van der Waals surface area (Å²) in [6.07, 6.45) is 0. The maximum absolute atomic E-state index is 13.2. The first-order valence-corrected chi connectivity index (χ1v) is 6.20. The molecule has 0 heterocycles. The normalized spacial score (nSPS) is 14.3. The Bertz CT molecular complexity index is 544. The van der Waals surface area contributed by atoms with Gasteiger partial charge < -0.3 is 5.73 Å². The summed E-state index contributed by atoms with van der Waals surface area (Å²) in [6, 6.07) is 10.7. The lowest BCUT2D eigenvalue weighted by molar-refractivity contribution is 0.550. The molecule has 1 atom stereocenters. The van der Waals surface area contributed by atoms with Crippen LogP contribution in [0.1, 0.15) is 18.1 Å². The van der Waals surface area contributed by atoms with Crippen molar-refractivity contribution in [2.75, 3.05) is 0 Å². The maximum atomic E-state index is 13.2. The zero-order valence-corrected chi connectivity index (χ0v) is 11.3. The van der Waals surface area contributed by atoms with Crippen LogP contribution in [0.3, 0.4) is 0 Å². The second kappa shape index (κ2) is 4.78. The molecule has 0 spiro atoms. The molecule has 0 aliphatic rings. The van der Waals surface area contributed by atoms with Gasteiger partial charge in [-0.1, -0.05) is 28.1 Å². The fourth-order valence-corrected chi connectivity index (χ4v) is 2.08. The lowest BCUT2D eigenvalue weighted by atomic mass is 9.85. The minimum Gasteiger partial charge on any atom is -0.318 e. The highest BCUT2D eigenvalue weighted by molar-refractivity contribution is 9.10. The van der Waals surface area contributed by atoms with Crippen LogP contribution in [0.2, 0.25) is 0 Å². The molecule has 4 heteroatoms. The van der Waals surface area contributed by atoms with Gasteiger partial charge in [0.05, 0.1) is 5.54 Å². The van der Waals surface area contributed by atoms with Crippen LogP contribution in [0, 0.1) is 11.6 Å². The van der Waals surface area contributed by atoms with Gasteiger partial charge in [-0.3, -0.25) is 0 Å². The summed E-state index contributed by atoms with van der Waals surface area (Å²) in [5, 5.41) is 0. The molecule has 18 heavy (non-hydrogen) atoms. The van der Waals surface area contributed by atoms with E-state index in [1.54, 1.807) is 6.92 Å². The molecular formula is C14H12BrF2N. The number of halogens is 3. The van der Waals surface area contributed by atoms with Crippen molar-refractivity contribution in [1.82, 2.24) is 0 Å². The minimum atomic E-state index is -0.941. The Hall–Kier alpha value is -1.26. The highest BCUT2D eigenvalue weighted by atomic mass is 79.9. The first-order valence-electron chi connectivity index (χ1n) is 5.41. The van der Waals surface area contributed by atoms with Crippen LogP contribution in [0.4, 0.5) is 8.78 Å². The molecule has 0 amide bonds. The van der Waals surface area contributed by atoms with Gasteiger partial charge in [-0.05, 0) is 42.3 Å². The minimum absolute atomic E-state index is 0.405. The zero-order valence-electron chi connectivity index (χ0n) is 9.75. The Kier molecular flexibility index (Phi) is 3.50. The Balaban J connectivity index is 2.49. The Labute approximate surface area is 113 Å². The van der Waals surface area contributed by atoms with Crippen LogP contribution < -0.4 is 5.73 Å². The molecule has 2 N–H and O–H groups in total. The van der Waals surface area contributed by atoms with Crippen molar-refractivity contribution in [3.8, 4) is 0 Å². The summed E-state index contributed by atoms with van der Waals surface area (Å²) in [7, 11) is 0. The molecule has 0 bridgehead atoms. The van der Waals surface area contributed by atoms with Crippen LogP contribution in [0.5, 0.6) is 0 Å². The van der Waals surface area contributed by atoms with Crippen LogP contribution >= 0.6 is 15.9 Å². The standard InChI is InChI=1S/C14H12BrF2N/c1-14(18,9-2-4-11(15)5-3-9)10-6-12(16)8-13(17)7-10/h2-8H,18H2,1H3. The molecule has 0 saturated heterocycles. The molecule has 0 aliphatic heterocycles. The highest BCUT2D eigenvalue weighted by Crippen LogP contribution is 2.28. The summed E-state index contributed by atoms with van der Waals surface area (Å²) in [6.45, 7) is 1.73. The van der Waals surface area contributed by atoms with Gasteiger partial charge in [-0.2, -0.15) is 0 Å². The quantitative estimate of drug-likeness (QED) is 0.893. The molecule has 2 rings (SSSR count). The summed E-state index contributed by atoms with van der Waals surface area (Å²) in [4.78, 5) is 0. The molecule has 2 aromatic rings. The van der Waals surface area contributed by atoms with E-state index in [1.165, 1.54) is 12.1 Å². The molecule has 0 aromatic heterocycles. The van der Waals surface area contributed by atoms with E-state index < -0.39 is 17.2 Å². The Morgan fingerprint density at radius 3 is 1.94 bits per heavy atom. The van der Waals surface area contributed by atoms with E-state index in [0.29, 0.717) is 5.56 Å². The summed E-state index contributed by atoms with van der Waals surface area (Å²) in [5.74, 6) is -1.25. The zero-order chi connectivity index (χ0) is 13.3. The number of rotatable bonds is 2. The summed E-state index contributed by atoms with van der Waals surface area (Å²) < 4.78 is 27.4. The summed E-state index contributed by atoms with van der Waals surface area (Å²) >= 11 is 3.33. The molecule has 0 aliphatic carbocycles. The van der Waals surface area contributed by atoms with E-state index in [2.05, 4.69) is 15.9 Å². The summed E-state index contributed by atoms with van der Waals surface area (Å²) in [5.41, 5.74) is 6.45. The molecule has 94 valence electrons. The van der Waals surface area contributed by atoms with E-state index in [0.717, 1.165) is 16.1 Å². The topological polar surface area (TPSA) is 26.0 Å². The van der Waals surface area contributed by atoms with Gasteiger partial charge in [0.25, 0.3) is 0 Å². The second-order valence-corrected chi connectivity index (χ2v) is 5.28. The van der Waals surface area contributed by atoms with Gasteiger partial charge in [-0.25, -0.2) is 8.78 Å². The predicted molar refractivity (Wildman–Crippen MR) is 71.1 cm³/mol. The van der Waals surface area contributed by atoms with Crippen molar-refractivity contribution in [1.29, 1.82) is 0 Å². The molecule has 0 fully saturated rings. The Morgan fingerprint density at radius 1 is 0.944 bits per heavy atom. The third-order valence-electron chi connectivity index (χ3n) is 2.91. The lowest BCUT2D eigenvalue weighted by Gasteiger charge is -2.26. The largest absolute Gasteiger partial charge is 0.318 e. The highest BCUT2D eigenvalue weighted by Gasteiger charge is 2.24. The third-order valence-corrected chi connectivity index (χ3v) is 3.43. The van der Waals surface area contributed by atoms with Crippen LogP contribution in [-0.4, -0.2) is 0 Å². The number of hydrogen-bond acceptors (Lipinski definition) is 1. The van der Waals surface area contributed by atoms with Crippen molar-refractivity contribution >= 4 is 15.9 Å². The predicted octanol–water partition coefficient (Wildman–Crippen LogP) is 3.95. The average molecular weight is 312 g/mol. The van der Waals surface area contributed by atoms with Crippen molar-refractivity contribution in [2.45, 2.75) is 12.5 Å². The van der Waals surface area contributed by atoms with E-state index in [-0.39, 0.29) is 0 Å². The molecule has 2 aromatic carbocycles. The lowest BCUT2D eigenvalue weighted by Crippen LogP contribution is -2.34. The Morgan fingerprint density at radius 2 is 1.44 bits per heavy atom. The molecule has 0 saturated carbocycles. The maximum Gasteiger partial charge on any atom is 0.126 e. The van der Waals surface area contributed by atoms with E-state index >= 15 is 0 Å². The molecule has 0 radical (unpaired) electrons. The van der Waals surface area contributed by atoms with E-state index in [9.17, 15) is 8.78 Å². The fourth-order valence-electron chi connectivity index (χ4n) is 1.82. The molecule has 1 unspecified atom stereocenters. The average Bonchev–Trinajstić information content (AvgIpc) is 2.28. The van der Waals surface area contributed by atoms with Crippen molar-refractivity contribution in [3.63, 3.8) is 0 Å².